The zero-order chi connectivity index (χ0) is 18.5. The van der Waals surface area contributed by atoms with Gasteiger partial charge in [-0.15, -0.1) is 0 Å². The minimum absolute atomic E-state index is 0.0300. The Kier molecular flexibility index (Phi) is 5.66. The third kappa shape index (κ3) is 4.10. The first kappa shape index (κ1) is 18.1. The van der Waals surface area contributed by atoms with Crippen LogP contribution >= 0.6 is 0 Å². The van der Waals surface area contributed by atoms with Crippen molar-refractivity contribution in [3.63, 3.8) is 0 Å². The van der Waals surface area contributed by atoms with E-state index in [1.807, 2.05) is 24.3 Å². The van der Waals surface area contributed by atoms with Crippen LogP contribution in [0, 0.1) is 0 Å². The maximum absolute atomic E-state index is 12.9. The van der Waals surface area contributed by atoms with E-state index in [1.165, 1.54) is 18.9 Å². The number of nitrogens with one attached hydrogen (secondary N) is 1. The number of rotatable bonds is 5. The molecule has 5 nitrogen and oxygen atoms in total. The molecule has 1 aliphatic heterocycles. The summed E-state index contributed by atoms with van der Waals surface area (Å²) in [6.07, 6.45) is 5.08. The fraction of sp³-hybridized carbons (Fsp3) is 0.381. The van der Waals surface area contributed by atoms with Crippen LogP contribution in [0.5, 0.6) is 0 Å². The number of carbonyl (C=O) groups excluding carboxylic acids is 2. The van der Waals surface area contributed by atoms with Crippen molar-refractivity contribution >= 4 is 17.5 Å². The van der Waals surface area contributed by atoms with Gasteiger partial charge >= 0.3 is 0 Å². The quantitative estimate of drug-likeness (QED) is 0.897. The Morgan fingerprint density at radius 2 is 2.00 bits per heavy atom. The van der Waals surface area contributed by atoms with Crippen molar-refractivity contribution in [2.45, 2.75) is 45.6 Å². The van der Waals surface area contributed by atoms with E-state index < -0.39 is 5.92 Å². The lowest BCUT2D eigenvalue weighted by Crippen LogP contribution is -2.41. The number of hydrogen-bond acceptors (Lipinski definition) is 3. The van der Waals surface area contributed by atoms with Gasteiger partial charge < -0.3 is 10.2 Å². The molecule has 5 heteroatoms. The molecule has 2 heterocycles. The monoisotopic (exact) mass is 351 g/mol. The van der Waals surface area contributed by atoms with Crippen molar-refractivity contribution in [2.24, 2.45) is 0 Å². The zero-order valence-corrected chi connectivity index (χ0v) is 15.4. The van der Waals surface area contributed by atoms with E-state index in [-0.39, 0.29) is 11.8 Å². The number of carbonyl (C=O) groups is 2. The Morgan fingerprint density at radius 3 is 2.69 bits per heavy atom. The molecule has 2 amide bonds. The molecule has 1 unspecified atom stereocenters. The zero-order valence-electron chi connectivity index (χ0n) is 15.4. The molecule has 136 valence electrons. The first-order valence-corrected chi connectivity index (χ1v) is 9.17. The van der Waals surface area contributed by atoms with Crippen molar-refractivity contribution < 1.29 is 9.59 Å². The van der Waals surface area contributed by atoms with Crippen LogP contribution in [0.25, 0.3) is 0 Å². The second kappa shape index (κ2) is 8.13. The van der Waals surface area contributed by atoms with E-state index in [9.17, 15) is 9.59 Å². The van der Waals surface area contributed by atoms with E-state index in [0.29, 0.717) is 13.1 Å². The van der Waals surface area contributed by atoms with Crippen molar-refractivity contribution in [2.75, 3.05) is 11.9 Å². The highest BCUT2D eigenvalue weighted by Gasteiger charge is 2.32. The summed E-state index contributed by atoms with van der Waals surface area (Å²) in [5, 5.41) is 2.98. The van der Waals surface area contributed by atoms with Crippen molar-refractivity contribution in [1.82, 2.24) is 9.88 Å². The van der Waals surface area contributed by atoms with Crippen LogP contribution in [0.2, 0.25) is 0 Å². The van der Waals surface area contributed by atoms with Gasteiger partial charge in [0.15, 0.2) is 0 Å². The molecular weight excluding hydrogens is 326 g/mol. The number of pyridine rings is 1. The highest BCUT2D eigenvalue weighted by atomic mass is 16.2. The number of hydrogen-bond donors (Lipinski definition) is 1. The molecule has 2 aromatic rings. The predicted molar refractivity (Wildman–Crippen MR) is 102 cm³/mol. The third-order valence-corrected chi connectivity index (χ3v) is 4.82. The smallest absolute Gasteiger partial charge is 0.235 e. The van der Waals surface area contributed by atoms with Gasteiger partial charge in [-0.25, -0.2) is 0 Å². The normalized spacial score (nSPS) is 16.1. The molecule has 1 aliphatic rings. The summed E-state index contributed by atoms with van der Waals surface area (Å²) in [4.78, 5) is 30.8. The van der Waals surface area contributed by atoms with Gasteiger partial charge in [0.2, 0.25) is 11.8 Å². The molecule has 3 rings (SSSR count). The van der Waals surface area contributed by atoms with Crippen LogP contribution in [0.15, 0.2) is 42.6 Å². The summed E-state index contributed by atoms with van der Waals surface area (Å²) in [6, 6.07) is 11.8. The van der Waals surface area contributed by atoms with Crippen LogP contribution in [-0.4, -0.2) is 28.2 Å². The minimum atomic E-state index is -0.455. The average molecular weight is 351 g/mol. The van der Waals surface area contributed by atoms with E-state index in [2.05, 4.69) is 29.4 Å². The number of aromatic nitrogens is 1. The van der Waals surface area contributed by atoms with E-state index in [1.54, 1.807) is 11.1 Å². The van der Waals surface area contributed by atoms with Crippen molar-refractivity contribution in [3.05, 3.63) is 59.4 Å². The summed E-state index contributed by atoms with van der Waals surface area (Å²) < 4.78 is 0. The minimum Gasteiger partial charge on any atom is -0.337 e. The Bertz CT molecular complexity index is 786. The molecule has 1 aromatic heterocycles. The van der Waals surface area contributed by atoms with E-state index >= 15 is 0 Å². The van der Waals surface area contributed by atoms with E-state index in [0.717, 1.165) is 29.8 Å². The number of aryl methyl sites for hydroxylation is 1. The van der Waals surface area contributed by atoms with E-state index in [4.69, 9.17) is 0 Å². The van der Waals surface area contributed by atoms with Gasteiger partial charge in [-0.05, 0) is 42.2 Å². The number of anilines is 1. The second-order valence-corrected chi connectivity index (χ2v) is 6.79. The summed E-state index contributed by atoms with van der Waals surface area (Å²) in [5.41, 5.74) is 3.75. The summed E-state index contributed by atoms with van der Waals surface area (Å²) in [5.74, 6) is -0.613. The molecule has 0 saturated heterocycles. The predicted octanol–water partition coefficient (Wildman–Crippen LogP) is 3.51. The molecule has 0 saturated carbocycles. The highest BCUT2D eigenvalue weighted by molar-refractivity contribution is 5.96. The van der Waals surface area contributed by atoms with Crippen LogP contribution in [-0.2, 0) is 22.6 Å². The summed E-state index contributed by atoms with van der Waals surface area (Å²) in [6.45, 7) is 4.58. The lowest BCUT2D eigenvalue weighted by molar-refractivity contribution is -0.131. The molecule has 0 spiro atoms. The first-order valence-electron chi connectivity index (χ1n) is 9.17. The Balaban J connectivity index is 1.75. The van der Waals surface area contributed by atoms with Crippen molar-refractivity contribution in [3.8, 4) is 0 Å². The van der Waals surface area contributed by atoms with Gasteiger partial charge in [0.25, 0.3) is 0 Å². The molecule has 0 bridgehead atoms. The summed E-state index contributed by atoms with van der Waals surface area (Å²) >= 11 is 0. The topological polar surface area (TPSA) is 62.3 Å². The number of fused-ring (bicyclic) bond motifs is 1. The Labute approximate surface area is 154 Å². The van der Waals surface area contributed by atoms with Crippen molar-refractivity contribution in [1.29, 1.82) is 0 Å². The Morgan fingerprint density at radius 1 is 1.23 bits per heavy atom. The molecular formula is C21H25N3O2. The first-order chi connectivity index (χ1) is 12.6. The molecule has 1 N–H and O–H groups in total. The molecule has 0 radical (unpaired) electrons. The highest BCUT2D eigenvalue weighted by Crippen LogP contribution is 2.28. The average Bonchev–Trinajstić information content (AvgIpc) is 2.66. The largest absolute Gasteiger partial charge is 0.337 e. The number of unbranched alkanes of at least 4 members (excludes halogenated alkanes) is 1. The van der Waals surface area contributed by atoms with Crippen LogP contribution in [0.1, 0.15) is 49.4 Å². The lowest BCUT2D eigenvalue weighted by Gasteiger charge is -2.32. The maximum Gasteiger partial charge on any atom is 0.235 e. The third-order valence-electron chi connectivity index (χ3n) is 4.82. The standard InChI is InChI=1S/C21H25N3O2/c1-3-4-6-16-8-10-18(11-9-16)23-21(26)19-14-24(15(2)25)13-17-7-5-12-22-20(17)19/h5,7-12,19H,3-4,6,13-14H2,1-2H3,(H,23,26). The molecule has 26 heavy (non-hydrogen) atoms. The number of amides is 2. The number of nitrogens with zero attached hydrogens (tertiary/aromatic N) is 2. The van der Waals surface area contributed by atoms with Gasteiger partial charge in [-0.2, -0.15) is 0 Å². The van der Waals surface area contributed by atoms with Crippen LogP contribution in [0.3, 0.4) is 0 Å². The fourth-order valence-electron chi connectivity index (χ4n) is 3.29. The number of benzene rings is 1. The van der Waals surface area contributed by atoms with Crippen LogP contribution < -0.4 is 5.32 Å². The van der Waals surface area contributed by atoms with Gasteiger partial charge in [-0.1, -0.05) is 31.5 Å². The second-order valence-electron chi connectivity index (χ2n) is 6.79. The molecule has 0 aliphatic carbocycles. The van der Waals surface area contributed by atoms with Gasteiger partial charge in [0.1, 0.15) is 0 Å². The molecule has 0 fully saturated rings. The van der Waals surface area contributed by atoms with Gasteiger partial charge in [0.05, 0.1) is 11.6 Å². The molecule has 1 atom stereocenters. The lowest BCUT2D eigenvalue weighted by atomic mass is 9.93. The molecule has 1 aromatic carbocycles. The van der Waals surface area contributed by atoms with Gasteiger partial charge in [-0.3, -0.25) is 14.6 Å². The fourth-order valence-corrected chi connectivity index (χ4v) is 3.29. The van der Waals surface area contributed by atoms with Gasteiger partial charge in [0, 0.05) is 31.9 Å². The van der Waals surface area contributed by atoms with Crippen LogP contribution in [0.4, 0.5) is 5.69 Å². The maximum atomic E-state index is 12.9. The summed E-state index contributed by atoms with van der Waals surface area (Å²) in [7, 11) is 0. The Hall–Kier alpha value is -2.69. The SMILES string of the molecule is CCCCc1ccc(NC(=O)C2CN(C(C)=O)Cc3cccnc32)cc1.